The van der Waals surface area contributed by atoms with Crippen LogP contribution in [0.3, 0.4) is 0 Å². The summed E-state index contributed by atoms with van der Waals surface area (Å²) in [5, 5.41) is 10.8. The molecule has 0 bridgehead atoms. The lowest BCUT2D eigenvalue weighted by atomic mass is 10.0. The molecule has 0 radical (unpaired) electrons. The van der Waals surface area contributed by atoms with E-state index in [2.05, 4.69) is 21.3 Å². The van der Waals surface area contributed by atoms with Crippen LogP contribution in [0.4, 0.5) is 23.7 Å². The number of amides is 4. The monoisotopic (exact) mass is 941 g/mol. The fourth-order valence-electron chi connectivity index (χ4n) is 6.34. The zero-order valence-corrected chi connectivity index (χ0v) is 38.9. The van der Waals surface area contributed by atoms with E-state index in [1.807, 2.05) is 0 Å². The van der Waals surface area contributed by atoms with Crippen LogP contribution in [-0.4, -0.2) is 81.2 Å². The minimum Gasteiger partial charge on any atom is -0.460 e. The number of benzene rings is 3. The zero-order valence-electron chi connectivity index (χ0n) is 38.1. The average Bonchev–Trinajstić information content (AvgIpc) is 3.56. The number of para-hydroxylation sites is 1. The van der Waals surface area contributed by atoms with Gasteiger partial charge in [-0.3, -0.25) is 28.8 Å². The Labute approximate surface area is 385 Å². The first-order valence-electron chi connectivity index (χ1n) is 20.9. The molecule has 15 nitrogen and oxygen atoms in total. The normalized spacial score (nSPS) is 13.4. The first-order valence-corrected chi connectivity index (χ1v) is 21.3. The molecule has 0 aliphatic rings. The summed E-state index contributed by atoms with van der Waals surface area (Å²) in [6.07, 6.45) is -7.53. The Morgan fingerprint density at radius 3 is 1.77 bits per heavy atom. The van der Waals surface area contributed by atoms with Crippen LogP contribution in [0.2, 0.25) is 5.02 Å². The number of rotatable bonds is 15. The van der Waals surface area contributed by atoms with Crippen molar-refractivity contribution < 1.29 is 60.9 Å². The summed E-state index contributed by atoms with van der Waals surface area (Å²) in [4.78, 5) is 96.3. The highest BCUT2D eigenvalue weighted by molar-refractivity contribution is 6.31. The lowest BCUT2D eigenvalue weighted by Gasteiger charge is -2.27. The summed E-state index contributed by atoms with van der Waals surface area (Å²) in [6.45, 7) is 14.5. The predicted octanol–water partition coefficient (Wildman–Crippen LogP) is 7.90. The van der Waals surface area contributed by atoms with Gasteiger partial charge in [0.25, 0.3) is 5.91 Å². The van der Waals surface area contributed by atoms with E-state index >= 15 is 0 Å². The smallest absolute Gasteiger partial charge is 0.419 e. The van der Waals surface area contributed by atoms with Crippen molar-refractivity contribution in [2.24, 2.45) is 0 Å². The van der Waals surface area contributed by atoms with Crippen molar-refractivity contribution in [1.29, 1.82) is 0 Å². The second-order valence-corrected chi connectivity index (χ2v) is 18.8. The van der Waals surface area contributed by atoms with Crippen molar-refractivity contribution in [3.8, 4) is 0 Å². The van der Waals surface area contributed by atoms with E-state index < -0.39 is 101 Å². The number of nitrogens with zero attached hydrogens (tertiary/aromatic N) is 1. The number of alkyl halides is 3. The molecule has 356 valence electrons. The summed E-state index contributed by atoms with van der Waals surface area (Å²) < 4.78 is 58.0. The Morgan fingerprint density at radius 2 is 1.20 bits per heavy atom. The molecule has 0 aliphatic carbocycles. The topological polar surface area (TPSA) is 200 Å². The molecule has 3 aromatic carbocycles. The lowest BCUT2D eigenvalue weighted by Crippen LogP contribution is -2.57. The van der Waals surface area contributed by atoms with E-state index in [0.717, 1.165) is 28.8 Å². The Kier molecular flexibility index (Phi) is 16.8. The Balaban J connectivity index is 1.75. The van der Waals surface area contributed by atoms with Gasteiger partial charge in [-0.1, -0.05) is 41.9 Å². The maximum atomic E-state index is 14.5. The van der Waals surface area contributed by atoms with E-state index in [4.69, 9.17) is 25.8 Å². The second-order valence-electron chi connectivity index (χ2n) is 18.4. The molecule has 0 saturated heterocycles. The van der Waals surface area contributed by atoms with Crippen molar-refractivity contribution in [1.82, 2.24) is 20.5 Å². The van der Waals surface area contributed by atoms with Gasteiger partial charge in [0.1, 0.15) is 40.6 Å². The minimum atomic E-state index is -4.69. The van der Waals surface area contributed by atoms with Crippen molar-refractivity contribution in [2.45, 2.75) is 129 Å². The molecule has 4 N–H and O–H groups in total. The number of fused-ring (bicyclic) bond motifs is 1. The molecule has 0 unspecified atom stereocenters. The van der Waals surface area contributed by atoms with Gasteiger partial charge in [-0.2, -0.15) is 13.2 Å². The lowest BCUT2D eigenvalue weighted by molar-refractivity contribution is -0.157. The molecule has 0 fully saturated rings. The van der Waals surface area contributed by atoms with Gasteiger partial charge in [-0.15, -0.1) is 0 Å². The first kappa shape index (κ1) is 52.2. The van der Waals surface area contributed by atoms with Gasteiger partial charge >= 0.3 is 24.2 Å². The zero-order chi connectivity index (χ0) is 49.4. The molecule has 19 heteroatoms. The van der Waals surface area contributed by atoms with E-state index in [1.165, 1.54) is 24.3 Å². The van der Waals surface area contributed by atoms with Crippen molar-refractivity contribution >= 4 is 69.9 Å². The van der Waals surface area contributed by atoms with Crippen molar-refractivity contribution in [3.05, 3.63) is 101 Å². The van der Waals surface area contributed by atoms with Gasteiger partial charge in [0, 0.05) is 28.9 Å². The van der Waals surface area contributed by atoms with Crippen LogP contribution in [0.1, 0.15) is 103 Å². The number of ether oxygens (including phenoxy) is 3. The minimum absolute atomic E-state index is 0.135. The molecule has 1 heterocycles. The molecule has 0 spiro atoms. The van der Waals surface area contributed by atoms with Crippen LogP contribution in [-0.2, 0) is 50.8 Å². The summed E-state index contributed by atoms with van der Waals surface area (Å²) in [6, 6.07) is 12.8. The Bertz CT molecular complexity index is 2420. The number of nitrogens with one attached hydrogen (secondary N) is 4. The summed E-state index contributed by atoms with van der Waals surface area (Å²) in [5.74, 6) is -5.58. The number of hydrogen-bond donors (Lipinski definition) is 4. The number of esters is 2. The number of hydrogen-bond acceptors (Lipinski definition) is 10. The van der Waals surface area contributed by atoms with Gasteiger partial charge in [0.15, 0.2) is 0 Å². The predicted molar refractivity (Wildman–Crippen MR) is 239 cm³/mol. The third-order valence-electron chi connectivity index (χ3n) is 9.07. The Hall–Kier alpha value is -6.43. The van der Waals surface area contributed by atoms with E-state index in [9.17, 15) is 46.7 Å². The quantitative estimate of drug-likeness (QED) is 0.0671. The van der Waals surface area contributed by atoms with Crippen LogP contribution in [0.5, 0.6) is 0 Å². The molecule has 3 atom stereocenters. The fourth-order valence-corrected chi connectivity index (χ4v) is 6.52. The molecule has 0 aliphatic heterocycles. The maximum absolute atomic E-state index is 14.5. The highest BCUT2D eigenvalue weighted by Crippen LogP contribution is 2.30. The molecule has 4 aromatic rings. The van der Waals surface area contributed by atoms with E-state index in [1.54, 1.807) is 92.6 Å². The molecule has 4 rings (SSSR count). The van der Waals surface area contributed by atoms with E-state index in [0.29, 0.717) is 11.1 Å². The SMILES string of the molecule is CC(C)(C)OC(=O)CC[C@H](NC(=O)[C@H](CC(=O)OC(C)(C)C)NC(=O)[C@H](Cc1ccc(C(F)(F)F)cc1)NC(=O)c1cc2cc(Cl)ccc2n1C(=O)OC(C)(C)C)C(=O)Nc1ccccc1. The highest BCUT2D eigenvalue weighted by Gasteiger charge is 2.35. The number of aromatic nitrogens is 1. The number of anilines is 1. The van der Waals surface area contributed by atoms with Gasteiger partial charge in [0.05, 0.1) is 17.5 Å². The third kappa shape index (κ3) is 16.2. The van der Waals surface area contributed by atoms with E-state index in [-0.39, 0.29) is 34.6 Å². The maximum Gasteiger partial charge on any atom is 0.419 e. The number of halogens is 4. The van der Waals surface area contributed by atoms with Gasteiger partial charge in [0.2, 0.25) is 17.7 Å². The van der Waals surface area contributed by atoms with Gasteiger partial charge < -0.3 is 35.5 Å². The van der Waals surface area contributed by atoms with Gasteiger partial charge in [-0.25, -0.2) is 9.36 Å². The van der Waals surface area contributed by atoms with Crippen molar-refractivity contribution in [2.75, 3.05) is 5.32 Å². The molecule has 1 aromatic heterocycles. The number of carbonyl (C=O) groups is 7. The van der Waals surface area contributed by atoms with Crippen molar-refractivity contribution in [3.63, 3.8) is 0 Å². The first-order chi connectivity index (χ1) is 30.5. The molecule has 66 heavy (non-hydrogen) atoms. The highest BCUT2D eigenvalue weighted by atomic mass is 35.5. The molecule has 0 saturated carbocycles. The fraction of sp³-hybridized carbons (Fsp3) is 0.426. The van der Waals surface area contributed by atoms with Crippen LogP contribution < -0.4 is 21.3 Å². The number of carbonyl (C=O) groups excluding carboxylic acids is 7. The summed E-state index contributed by atoms with van der Waals surface area (Å²) in [7, 11) is 0. The Morgan fingerprint density at radius 1 is 0.636 bits per heavy atom. The van der Waals surface area contributed by atoms with Crippen LogP contribution >= 0.6 is 11.6 Å². The summed E-state index contributed by atoms with van der Waals surface area (Å²) >= 11 is 6.23. The standard InChI is InChI=1S/C47H55ClF3N5O10/c1-44(2,3)64-37(57)22-20-32(39(59)52-31-13-11-10-12-14-31)53-41(61)34(26-38(58)65-45(4,5)6)54-40(60)33(23-27-15-17-29(18-16-27)47(49,50)51)55-42(62)36-25-28-24-30(48)19-21-35(28)56(36)43(63)66-46(7,8)9/h10-19,21,24-25,32-34H,20,22-23,26H2,1-9H3,(H,52,59)(H,53,61)(H,54,60)(H,55,62)/t32-,33-,34-/m0/s1. The summed E-state index contributed by atoms with van der Waals surface area (Å²) in [5.41, 5.74) is -3.52. The molecular weight excluding hydrogens is 887 g/mol. The second kappa shape index (κ2) is 21.3. The molecular formula is C47H55ClF3N5O10. The van der Waals surface area contributed by atoms with Crippen LogP contribution in [0.25, 0.3) is 10.9 Å². The molecule has 4 amide bonds. The van der Waals surface area contributed by atoms with Crippen LogP contribution in [0, 0.1) is 0 Å². The third-order valence-corrected chi connectivity index (χ3v) is 9.31. The average molecular weight is 942 g/mol. The largest absolute Gasteiger partial charge is 0.460 e. The van der Waals surface area contributed by atoms with Crippen LogP contribution in [0.15, 0.2) is 78.9 Å². The van der Waals surface area contributed by atoms with Gasteiger partial charge in [-0.05, 0) is 123 Å².